The number of hydrogen-bond acceptors (Lipinski definition) is 2. The summed E-state index contributed by atoms with van der Waals surface area (Å²) in [6.45, 7) is 6.16. The fourth-order valence-electron chi connectivity index (χ4n) is 3.04. The van der Waals surface area contributed by atoms with Gasteiger partial charge in [0.05, 0.1) is 0 Å². The lowest BCUT2D eigenvalue weighted by Gasteiger charge is -2.22. The van der Waals surface area contributed by atoms with Gasteiger partial charge in [0.2, 0.25) is 5.91 Å². The van der Waals surface area contributed by atoms with Crippen LogP contribution in [0.25, 0.3) is 0 Å². The van der Waals surface area contributed by atoms with Crippen LogP contribution in [0.2, 0.25) is 0 Å². The number of carbonyl (C=O) groups excluding carboxylic acids is 1. The van der Waals surface area contributed by atoms with Gasteiger partial charge in [-0.3, -0.25) is 4.79 Å². The Bertz CT molecular complexity index is 254. The van der Waals surface area contributed by atoms with Gasteiger partial charge in [0.1, 0.15) is 0 Å². The molecule has 1 N–H and O–H groups in total. The van der Waals surface area contributed by atoms with Crippen LogP contribution in [-0.4, -0.2) is 36.0 Å². The Morgan fingerprint density at radius 2 is 2.19 bits per heavy atom. The molecule has 2 rings (SSSR count). The molecule has 1 saturated carbocycles. The second-order valence-corrected chi connectivity index (χ2v) is 5.36. The third-order valence-corrected chi connectivity index (χ3v) is 4.15. The first-order chi connectivity index (χ1) is 7.70. The maximum atomic E-state index is 11.6. The molecule has 16 heavy (non-hydrogen) atoms. The lowest BCUT2D eigenvalue weighted by Crippen LogP contribution is -2.42. The van der Waals surface area contributed by atoms with Crippen LogP contribution >= 0.6 is 0 Å². The molecule has 0 bridgehead atoms. The Kier molecular flexibility index (Phi) is 3.85. The number of likely N-dealkylation sites (tertiary alicyclic amines) is 1. The summed E-state index contributed by atoms with van der Waals surface area (Å²) in [5.74, 6) is 1.12. The van der Waals surface area contributed by atoms with Gasteiger partial charge in [-0.25, -0.2) is 0 Å². The molecule has 0 spiro atoms. The number of carbonyl (C=O) groups is 1. The topological polar surface area (TPSA) is 32.3 Å². The van der Waals surface area contributed by atoms with E-state index in [0.717, 1.165) is 25.4 Å². The minimum Gasteiger partial charge on any atom is -0.341 e. The van der Waals surface area contributed by atoms with Crippen LogP contribution in [0.3, 0.4) is 0 Å². The van der Waals surface area contributed by atoms with E-state index in [2.05, 4.69) is 12.2 Å². The highest BCUT2D eigenvalue weighted by Gasteiger charge is 2.30. The lowest BCUT2D eigenvalue weighted by atomic mass is 10.1. The molecule has 2 fully saturated rings. The predicted octanol–water partition coefficient (Wildman–Crippen LogP) is 1.78. The normalized spacial score (nSPS) is 34.6. The van der Waals surface area contributed by atoms with Crippen LogP contribution in [0, 0.1) is 5.92 Å². The Labute approximate surface area is 98.6 Å². The van der Waals surface area contributed by atoms with Gasteiger partial charge in [-0.05, 0) is 25.2 Å². The number of amides is 1. The predicted molar refractivity (Wildman–Crippen MR) is 65.2 cm³/mol. The van der Waals surface area contributed by atoms with E-state index >= 15 is 0 Å². The minimum absolute atomic E-state index is 0.309. The number of hydrogen-bond donors (Lipinski definition) is 1. The third-order valence-electron chi connectivity index (χ3n) is 4.15. The molecule has 1 heterocycles. The molecule has 92 valence electrons. The zero-order chi connectivity index (χ0) is 11.5. The number of nitrogens with one attached hydrogen (secondary N) is 1. The van der Waals surface area contributed by atoms with Crippen LogP contribution in [0.1, 0.15) is 46.0 Å². The summed E-state index contributed by atoms with van der Waals surface area (Å²) >= 11 is 0. The van der Waals surface area contributed by atoms with Crippen molar-refractivity contribution in [3.63, 3.8) is 0 Å². The van der Waals surface area contributed by atoms with Crippen molar-refractivity contribution >= 4 is 5.91 Å². The zero-order valence-corrected chi connectivity index (χ0v) is 10.5. The summed E-state index contributed by atoms with van der Waals surface area (Å²) in [5, 5.41) is 3.74. The standard InChI is InChI=1S/C13H24N2O/c1-3-13(16)15-8-7-11(9-15)14-12-6-4-5-10(12)2/h10-12,14H,3-9H2,1-2H3. The van der Waals surface area contributed by atoms with Crippen molar-refractivity contribution in [3.05, 3.63) is 0 Å². The van der Waals surface area contributed by atoms with E-state index in [1.54, 1.807) is 0 Å². The fourth-order valence-corrected chi connectivity index (χ4v) is 3.04. The molecule has 3 nitrogen and oxygen atoms in total. The summed E-state index contributed by atoms with van der Waals surface area (Å²) in [6, 6.07) is 1.24. The van der Waals surface area contributed by atoms with Gasteiger partial charge in [0, 0.05) is 31.6 Å². The van der Waals surface area contributed by atoms with E-state index in [4.69, 9.17) is 0 Å². The smallest absolute Gasteiger partial charge is 0.222 e. The molecule has 3 heteroatoms. The second kappa shape index (κ2) is 5.17. The van der Waals surface area contributed by atoms with Gasteiger partial charge in [-0.15, -0.1) is 0 Å². The van der Waals surface area contributed by atoms with Gasteiger partial charge in [0.15, 0.2) is 0 Å². The van der Waals surface area contributed by atoms with Gasteiger partial charge < -0.3 is 10.2 Å². The maximum absolute atomic E-state index is 11.6. The van der Waals surface area contributed by atoms with Crippen molar-refractivity contribution in [1.29, 1.82) is 0 Å². The molecular formula is C13H24N2O. The number of nitrogens with zero attached hydrogens (tertiary/aromatic N) is 1. The Hall–Kier alpha value is -0.570. The summed E-state index contributed by atoms with van der Waals surface area (Å²) in [4.78, 5) is 13.6. The average molecular weight is 224 g/mol. The largest absolute Gasteiger partial charge is 0.341 e. The highest BCUT2D eigenvalue weighted by Crippen LogP contribution is 2.26. The monoisotopic (exact) mass is 224 g/mol. The van der Waals surface area contributed by atoms with E-state index < -0.39 is 0 Å². The third kappa shape index (κ3) is 2.57. The average Bonchev–Trinajstić information content (AvgIpc) is 2.89. The Morgan fingerprint density at radius 3 is 2.81 bits per heavy atom. The van der Waals surface area contributed by atoms with Crippen LogP contribution in [-0.2, 0) is 4.79 Å². The van der Waals surface area contributed by atoms with E-state index in [1.165, 1.54) is 19.3 Å². The Balaban J connectivity index is 1.78. The fraction of sp³-hybridized carbons (Fsp3) is 0.923. The van der Waals surface area contributed by atoms with Crippen molar-refractivity contribution in [1.82, 2.24) is 10.2 Å². The molecule has 2 aliphatic rings. The molecule has 3 unspecified atom stereocenters. The molecule has 1 aliphatic heterocycles. The highest BCUT2D eigenvalue weighted by atomic mass is 16.2. The summed E-state index contributed by atoms with van der Waals surface area (Å²) in [5.41, 5.74) is 0. The summed E-state index contributed by atoms with van der Waals surface area (Å²) < 4.78 is 0. The van der Waals surface area contributed by atoms with Gasteiger partial charge in [-0.2, -0.15) is 0 Å². The minimum atomic E-state index is 0.309. The second-order valence-electron chi connectivity index (χ2n) is 5.36. The van der Waals surface area contributed by atoms with E-state index in [9.17, 15) is 4.79 Å². The quantitative estimate of drug-likeness (QED) is 0.792. The lowest BCUT2D eigenvalue weighted by molar-refractivity contribution is -0.129. The van der Waals surface area contributed by atoms with Crippen molar-refractivity contribution < 1.29 is 4.79 Å². The molecule has 1 amide bonds. The van der Waals surface area contributed by atoms with Gasteiger partial charge in [-0.1, -0.05) is 20.3 Å². The SMILES string of the molecule is CCC(=O)N1CCC(NC2CCCC2C)C1. The molecular weight excluding hydrogens is 200 g/mol. The zero-order valence-electron chi connectivity index (χ0n) is 10.5. The molecule has 0 aromatic rings. The van der Waals surface area contributed by atoms with Crippen LogP contribution in [0.15, 0.2) is 0 Å². The van der Waals surface area contributed by atoms with Crippen LogP contribution < -0.4 is 5.32 Å². The Morgan fingerprint density at radius 1 is 1.38 bits per heavy atom. The highest BCUT2D eigenvalue weighted by molar-refractivity contribution is 5.76. The van der Waals surface area contributed by atoms with E-state index in [0.29, 0.717) is 24.4 Å². The first-order valence-corrected chi connectivity index (χ1v) is 6.74. The maximum Gasteiger partial charge on any atom is 0.222 e. The molecule has 1 aliphatic carbocycles. The van der Waals surface area contributed by atoms with Crippen molar-refractivity contribution in [2.24, 2.45) is 5.92 Å². The van der Waals surface area contributed by atoms with Crippen molar-refractivity contribution in [3.8, 4) is 0 Å². The first kappa shape index (κ1) is 11.9. The molecule has 0 aromatic carbocycles. The first-order valence-electron chi connectivity index (χ1n) is 6.74. The van der Waals surface area contributed by atoms with E-state index in [1.807, 2.05) is 11.8 Å². The molecule has 1 saturated heterocycles. The van der Waals surface area contributed by atoms with Crippen LogP contribution in [0.5, 0.6) is 0 Å². The summed E-state index contributed by atoms with van der Waals surface area (Å²) in [6.07, 6.45) is 5.83. The van der Waals surface area contributed by atoms with E-state index in [-0.39, 0.29) is 0 Å². The van der Waals surface area contributed by atoms with Crippen LogP contribution in [0.4, 0.5) is 0 Å². The van der Waals surface area contributed by atoms with Crippen molar-refractivity contribution in [2.75, 3.05) is 13.1 Å². The van der Waals surface area contributed by atoms with Gasteiger partial charge in [0.25, 0.3) is 0 Å². The number of rotatable bonds is 3. The molecule has 0 aromatic heterocycles. The molecule has 3 atom stereocenters. The van der Waals surface area contributed by atoms with Crippen molar-refractivity contribution in [2.45, 2.75) is 58.0 Å². The van der Waals surface area contributed by atoms with Gasteiger partial charge >= 0.3 is 0 Å². The summed E-state index contributed by atoms with van der Waals surface area (Å²) in [7, 11) is 0. The molecule has 0 radical (unpaired) electrons.